The van der Waals surface area contributed by atoms with Gasteiger partial charge in [-0.15, -0.1) is 0 Å². The SMILES string of the molecule is CC12OCC(NC(=O)c3ccccc3)C[C@@]13CCN(CC1CC1)[C@@H]2Cc1ccc(O)cc13. The molecule has 32 heavy (non-hydrogen) atoms. The van der Waals surface area contributed by atoms with Gasteiger partial charge in [-0.2, -0.15) is 0 Å². The summed E-state index contributed by atoms with van der Waals surface area (Å²) in [7, 11) is 0. The van der Waals surface area contributed by atoms with Crippen molar-refractivity contribution in [3.63, 3.8) is 0 Å². The highest BCUT2D eigenvalue weighted by Crippen LogP contribution is 2.58. The molecule has 2 aromatic rings. The third kappa shape index (κ3) is 3.09. The second kappa shape index (κ2) is 7.32. The molecule has 2 unspecified atom stereocenters. The monoisotopic (exact) mass is 432 g/mol. The van der Waals surface area contributed by atoms with Gasteiger partial charge in [-0.1, -0.05) is 24.3 Å². The summed E-state index contributed by atoms with van der Waals surface area (Å²) in [6, 6.07) is 15.6. The van der Waals surface area contributed by atoms with Crippen LogP contribution in [0, 0.1) is 5.92 Å². The summed E-state index contributed by atoms with van der Waals surface area (Å²) in [5, 5.41) is 13.6. The highest BCUT2D eigenvalue weighted by atomic mass is 16.5. The smallest absolute Gasteiger partial charge is 0.251 e. The lowest BCUT2D eigenvalue weighted by atomic mass is 9.52. The predicted molar refractivity (Wildman–Crippen MR) is 123 cm³/mol. The molecule has 3 fully saturated rings. The lowest BCUT2D eigenvalue weighted by Crippen LogP contribution is -2.74. The van der Waals surface area contributed by atoms with Crippen LogP contribution in [-0.2, 0) is 16.6 Å². The summed E-state index contributed by atoms with van der Waals surface area (Å²) in [5.74, 6) is 1.11. The van der Waals surface area contributed by atoms with Crippen molar-refractivity contribution in [2.45, 2.75) is 62.1 Å². The van der Waals surface area contributed by atoms with Gasteiger partial charge in [-0.05, 0) is 86.9 Å². The van der Waals surface area contributed by atoms with Crippen molar-refractivity contribution in [3.05, 3.63) is 65.2 Å². The quantitative estimate of drug-likeness (QED) is 0.774. The Morgan fingerprint density at radius 2 is 2.03 bits per heavy atom. The number of phenolic OH excluding ortho intramolecular Hbond substituents is 1. The first kappa shape index (κ1) is 20.3. The number of nitrogens with one attached hydrogen (secondary N) is 1. The Kier molecular flexibility index (Phi) is 4.63. The van der Waals surface area contributed by atoms with Gasteiger partial charge in [-0.25, -0.2) is 0 Å². The number of hydrogen-bond donors (Lipinski definition) is 2. The van der Waals surface area contributed by atoms with Crippen LogP contribution in [0.1, 0.15) is 54.1 Å². The van der Waals surface area contributed by atoms with Gasteiger partial charge in [0.25, 0.3) is 5.91 Å². The Morgan fingerprint density at radius 3 is 2.81 bits per heavy atom. The Balaban J connectivity index is 1.35. The zero-order valence-electron chi connectivity index (χ0n) is 18.7. The molecule has 2 aromatic carbocycles. The van der Waals surface area contributed by atoms with Crippen molar-refractivity contribution in [1.82, 2.24) is 10.2 Å². The van der Waals surface area contributed by atoms with Gasteiger partial charge >= 0.3 is 0 Å². The molecule has 2 bridgehead atoms. The van der Waals surface area contributed by atoms with Crippen molar-refractivity contribution >= 4 is 5.91 Å². The van der Waals surface area contributed by atoms with Crippen LogP contribution in [0.15, 0.2) is 48.5 Å². The van der Waals surface area contributed by atoms with Gasteiger partial charge in [0.05, 0.1) is 18.2 Å². The summed E-state index contributed by atoms with van der Waals surface area (Å²) in [4.78, 5) is 15.6. The Bertz CT molecular complexity index is 1040. The number of carbonyl (C=O) groups is 1. The van der Waals surface area contributed by atoms with Crippen LogP contribution in [0.3, 0.4) is 0 Å². The number of nitrogens with zero attached hydrogens (tertiary/aromatic N) is 1. The lowest BCUT2D eigenvalue weighted by Gasteiger charge is -2.65. The van der Waals surface area contributed by atoms with Crippen LogP contribution in [0.2, 0.25) is 0 Å². The standard InChI is InChI=1S/C27H32N2O3/c1-26-24-13-20-9-10-22(30)14-23(20)27(26,11-12-29(24)16-18-7-8-18)15-21(17-32-26)28-25(31)19-5-3-2-4-6-19/h2-6,9-10,14,18,21,24,30H,7-8,11-13,15-17H2,1H3,(H,28,31)/t21?,24-,26?,27-/m1/s1. The molecule has 4 atom stereocenters. The Labute approximate surface area is 189 Å². The van der Waals surface area contributed by atoms with Gasteiger partial charge in [0.2, 0.25) is 0 Å². The predicted octanol–water partition coefficient (Wildman–Crippen LogP) is 3.65. The number of likely N-dealkylation sites (tertiary alicyclic amines) is 1. The molecule has 1 saturated carbocycles. The zero-order valence-corrected chi connectivity index (χ0v) is 18.7. The molecule has 0 spiro atoms. The van der Waals surface area contributed by atoms with Gasteiger partial charge in [0.15, 0.2) is 0 Å². The van der Waals surface area contributed by atoms with Gasteiger partial charge in [-0.3, -0.25) is 9.69 Å². The molecule has 2 heterocycles. The molecular weight excluding hydrogens is 400 g/mol. The van der Waals surface area contributed by atoms with E-state index in [0.717, 1.165) is 31.7 Å². The van der Waals surface area contributed by atoms with Crippen LogP contribution in [0.4, 0.5) is 0 Å². The van der Waals surface area contributed by atoms with E-state index < -0.39 is 0 Å². The Hall–Kier alpha value is -2.37. The summed E-state index contributed by atoms with van der Waals surface area (Å²) < 4.78 is 6.77. The molecule has 5 nitrogen and oxygen atoms in total. The van der Waals surface area contributed by atoms with E-state index in [1.165, 1.54) is 30.5 Å². The van der Waals surface area contributed by atoms with Crippen LogP contribution in [0.5, 0.6) is 5.75 Å². The second-order valence-corrected chi connectivity index (χ2v) is 10.5. The summed E-state index contributed by atoms with van der Waals surface area (Å²) in [5.41, 5.74) is 2.69. The number of fused-ring (bicyclic) bond motifs is 1. The number of carbonyl (C=O) groups excluding carboxylic acids is 1. The summed E-state index contributed by atoms with van der Waals surface area (Å²) in [6.45, 7) is 5.04. The van der Waals surface area contributed by atoms with Crippen molar-refractivity contribution in [1.29, 1.82) is 0 Å². The number of rotatable bonds is 4. The molecule has 2 N–H and O–H groups in total. The van der Waals surface area contributed by atoms with E-state index in [1.54, 1.807) is 0 Å². The number of aromatic hydroxyl groups is 1. The highest BCUT2D eigenvalue weighted by Gasteiger charge is 2.64. The average molecular weight is 433 g/mol. The average Bonchev–Trinajstić information content (AvgIpc) is 3.61. The van der Waals surface area contributed by atoms with Crippen molar-refractivity contribution in [3.8, 4) is 5.75 Å². The van der Waals surface area contributed by atoms with E-state index in [9.17, 15) is 9.90 Å². The maximum Gasteiger partial charge on any atom is 0.251 e. The molecule has 0 radical (unpaired) electrons. The molecular formula is C27H32N2O3. The van der Waals surface area contributed by atoms with Crippen molar-refractivity contribution < 1.29 is 14.6 Å². The minimum absolute atomic E-state index is 0.0473. The van der Waals surface area contributed by atoms with Gasteiger partial charge < -0.3 is 15.2 Å². The molecule has 2 saturated heterocycles. The summed E-state index contributed by atoms with van der Waals surface area (Å²) in [6.07, 6.45) is 5.49. The third-order valence-electron chi connectivity index (χ3n) is 8.61. The van der Waals surface area contributed by atoms with Crippen LogP contribution >= 0.6 is 0 Å². The first-order valence-electron chi connectivity index (χ1n) is 12.0. The van der Waals surface area contributed by atoms with Crippen molar-refractivity contribution in [2.75, 3.05) is 19.7 Å². The zero-order chi connectivity index (χ0) is 21.9. The maximum absolute atomic E-state index is 12.9. The van der Waals surface area contributed by atoms with Gasteiger partial charge in [0.1, 0.15) is 5.75 Å². The minimum atomic E-state index is -0.324. The number of phenols is 1. The van der Waals surface area contributed by atoms with Crippen LogP contribution in [-0.4, -0.2) is 53.3 Å². The molecule has 2 aliphatic carbocycles. The van der Waals surface area contributed by atoms with Crippen LogP contribution < -0.4 is 5.32 Å². The normalized spacial score (nSPS) is 33.8. The molecule has 6 rings (SSSR count). The number of ether oxygens (including phenoxy) is 1. The molecule has 5 heteroatoms. The number of piperidine rings is 1. The minimum Gasteiger partial charge on any atom is -0.508 e. The fourth-order valence-electron chi connectivity index (χ4n) is 6.73. The number of benzene rings is 2. The van der Waals surface area contributed by atoms with Gasteiger partial charge in [0, 0.05) is 23.6 Å². The fraction of sp³-hybridized carbons (Fsp3) is 0.519. The molecule has 168 valence electrons. The second-order valence-electron chi connectivity index (χ2n) is 10.5. The first-order chi connectivity index (χ1) is 15.5. The van der Waals surface area contributed by atoms with E-state index >= 15 is 0 Å². The molecule has 2 aliphatic heterocycles. The van der Waals surface area contributed by atoms with E-state index in [2.05, 4.69) is 23.2 Å². The topological polar surface area (TPSA) is 61.8 Å². The fourth-order valence-corrected chi connectivity index (χ4v) is 6.73. The van der Waals surface area contributed by atoms with E-state index in [4.69, 9.17) is 4.74 Å². The molecule has 1 amide bonds. The number of hydrogen-bond acceptors (Lipinski definition) is 4. The third-order valence-corrected chi connectivity index (χ3v) is 8.61. The van der Waals surface area contributed by atoms with E-state index in [1.807, 2.05) is 42.5 Å². The Morgan fingerprint density at radius 1 is 1.22 bits per heavy atom. The largest absolute Gasteiger partial charge is 0.508 e. The first-order valence-corrected chi connectivity index (χ1v) is 12.0. The van der Waals surface area contributed by atoms with Crippen LogP contribution in [0.25, 0.3) is 0 Å². The number of amides is 1. The van der Waals surface area contributed by atoms with E-state index in [0.29, 0.717) is 24.0 Å². The van der Waals surface area contributed by atoms with E-state index in [-0.39, 0.29) is 23.0 Å². The summed E-state index contributed by atoms with van der Waals surface area (Å²) >= 11 is 0. The van der Waals surface area contributed by atoms with Crippen molar-refractivity contribution in [2.24, 2.45) is 5.92 Å². The molecule has 4 aliphatic rings. The molecule has 0 aromatic heterocycles. The highest BCUT2D eigenvalue weighted by molar-refractivity contribution is 5.94. The maximum atomic E-state index is 12.9. The lowest BCUT2D eigenvalue weighted by molar-refractivity contribution is -0.204.